The van der Waals surface area contributed by atoms with E-state index in [2.05, 4.69) is 29.5 Å². The molecule has 0 aliphatic heterocycles. The van der Waals surface area contributed by atoms with Crippen LogP contribution < -0.4 is 15.4 Å². The summed E-state index contributed by atoms with van der Waals surface area (Å²) >= 11 is 0. The maximum atomic E-state index is 5.45. The second-order valence-corrected chi connectivity index (χ2v) is 6.46. The summed E-state index contributed by atoms with van der Waals surface area (Å²) in [5.41, 5.74) is 3.88. The first-order valence-electron chi connectivity index (χ1n) is 8.68. The highest BCUT2D eigenvalue weighted by molar-refractivity contribution is 5.68. The number of ether oxygens (including phenoxy) is 1. The second kappa shape index (κ2) is 7.87. The van der Waals surface area contributed by atoms with Gasteiger partial charge in [-0.05, 0) is 38.5 Å². The van der Waals surface area contributed by atoms with Gasteiger partial charge >= 0.3 is 0 Å². The zero-order valence-corrected chi connectivity index (χ0v) is 15.6. The van der Waals surface area contributed by atoms with Gasteiger partial charge in [0.1, 0.15) is 11.6 Å². The first-order chi connectivity index (χ1) is 12.5. The summed E-state index contributed by atoms with van der Waals surface area (Å²) in [5, 5.41) is 6.66. The van der Waals surface area contributed by atoms with E-state index >= 15 is 0 Å². The minimum Gasteiger partial charge on any atom is -0.495 e. The third-order valence-electron chi connectivity index (χ3n) is 3.83. The van der Waals surface area contributed by atoms with Crippen molar-refractivity contribution in [1.82, 2.24) is 9.97 Å². The quantitative estimate of drug-likeness (QED) is 0.655. The Morgan fingerprint density at radius 2 is 1.73 bits per heavy atom. The molecule has 0 saturated carbocycles. The molecule has 26 heavy (non-hydrogen) atoms. The molecule has 0 bridgehead atoms. The number of hydrogen-bond donors (Lipinski definition) is 2. The largest absolute Gasteiger partial charge is 0.495 e. The van der Waals surface area contributed by atoms with Crippen LogP contribution in [-0.2, 0) is 0 Å². The average molecular weight is 348 g/mol. The molecule has 0 saturated heterocycles. The predicted octanol–water partition coefficient (Wildman–Crippen LogP) is 5.02. The zero-order chi connectivity index (χ0) is 18.5. The van der Waals surface area contributed by atoms with Crippen LogP contribution in [0, 0.1) is 6.92 Å². The van der Waals surface area contributed by atoms with Crippen LogP contribution >= 0.6 is 0 Å². The fraction of sp³-hybridized carbons (Fsp3) is 0.238. The van der Waals surface area contributed by atoms with Gasteiger partial charge in [-0.1, -0.05) is 36.4 Å². The summed E-state index contributed by atoms with van der Waals surface area (Å²) in [6.07, 6.45) is 0. The minimum absolute atomic E-state index is 0.273. The molecular weight excluding hydrogens is 324 g/mol. The number of methoxy groups -OCH3 is 1. The molecule has 0 atom stereocenters. The molecule has 3 aromatic rings. The maximum Gasteiger partial charge on any atom is 0.229 e. The molecule has 1 heterocycles. The fourth-order valence-electron chi connectivity index (χ4n) is 2.67. The van der Waals surface area contributed by atoms with Gasteiger partial charge in [-0.3, -0.25) is 0 Å². The van der Waals surface area contributed by atoms with Gasteiger partial charge in [0.05, 0.1) is 18.5 Å². The molecule has 3 rings (SSSR count). The molecule has 2 N–H and O–H groups in total. The van der Waals surface area contributed by atoms with Gasteiger partial charge < -0.3 is 15.4 Å². The Bertz CT molecular complexity index is 878. The summed E-state index contributed by atoms with van der Waals surface area (Å²) in [7, 11) is 1.66. The standard InChI is InChI=1S/C21H24N4O/c1-14(2)22-20-13-17(16-8-6-5-7-9-16)23-21(25-20)24-18-12-15(3)10-11-19(18)26-4/h5-14H,1-4H3,(H2,22,23,24,25). The highest BCUT2D eigenvalue weighted by atomic mass is 16.5. The van der Waals surface area contributed by atoms with E-state index in [1.165, 1.54) is 0 Å². The smallest absolute Gasteiger partial charge is 0.229 e. The van der Waals surface area contributed by atoms with E-state index < -0.39 is 0 Å². The molecule has 0 aliphatic rings. The average Bonchev–Trinajstić information content (AvgIpc) is 2.62. The second-order valence-electron chi connectivity index (χ2n) is 6.46. The number of hydrogen-bond acceptors (Lipinski definition) is 5. The molecule has 0 radical (unpaired) electrons. The number of nitrogens with zero attached hydrogens (tertiary/aromatic N) is 2. The van der Waals surface area contributed by atoms with E-state index in [0.29, 0.717) is 5.95 Å². The molecule has 0 aliphatic carbocycles. The molecule has 5 nitrogen and oxygen atoms in total. The normalized spacial score (nSPS) is 10.7. The Hall–Kier alpha value is -3.08. The third-order valence-corrected chi connectivity index (χ3v) is 3.83. The Labute approximate surface area is 154 Å². The Kier molecular flexibility index (Phi) is 5.37. The highest BCUT2D eigenvalue weighted by Crippen LogP contribution is 2.29. The maximum absolute atomic E-state index is 5.45. The molecule has 5 heteroatoms. The lowest BCUT2D eigenvalue weighted by atomic mass is 10.1. The third kappa shape index (κ3) is 4.30. The Morgan fingerprint density at radius 1 is 0.962 bits per heavy atom. The van der Waals surface area contributed by atoms with Crippen LogP contribution in [0.15, 0.2) is 54.6 Å². The van der Waals surface area contributed by atoms with Gasteiger partial charge in [0.15, 0.2) is 0 Å². The zero-order valence-electron chi connectivity index (χ0n) is 15.6. The number of rotatable bonds is 6. The van der Waals surface area contributed by atoms with Crippen LogP contribution in [0.5, 0.6) is 5.75 Å². The van der Waals surface area contributed by atoms with Crippen molar-refractivity contribution < 1.29 is 4.74 Å². The first kappa shape index (κ1) is 17.7. The lowest BCUT2D eigenvalue weighted by Crippen LogP contribution is -2.12. The Balaban J connectivity index is 2.02. The van der Waals surface area contributed by atoms with E-state index in [4.69, 9.17) is 9.72 Å². The van der Waals surface area contributed by atoms with Crippen LogP contribution in [0.1, 0.15) is 19.4 Å². The van der Waals surface area contributed by atoms with Gasteiger partial charge in [0.25, 0.3) is 0 Å². The van der Waals surface area contributed by atoms with Crippen LogP contribution in [0.3, 0.4) is 0 Å². The monoisotopic (exact) mass is 348 g/mol. The minimum atomic E-state index is 0.273. The molecule has 134 valence electrons. The van der Waals surface area contributed by atoms with Crippen LogP contribution in [0.25, 0.3) is 11.3 Å². The summed E-state index contributed by atoms with van der Waals surface area (Å²) in [4.78, 5) is 9.30. The molecule has 1 aromatic heterocycles. The molecule has 0 amide bonds. The summed E-state index contributed by atoms with van der Waals surface area (Å²) in [6, 6.07) is 18.3. The van der Waals surface area contributed by atoms with Gasteiger partial charge in [0.2, 0.25) is 5.95 Å². The SMILES string of the molecule is COc1ccc(C)cc1Nc1nc(NC(C)C)cc(-c2ccccc2)n1. The topological polar surface area (TPSA) is 59.1 Å². The van der Waals surface area contributed by atoms with Gasteiger partial charge in [-0.25, -0.2) is 4.98 Å². The van der Waals surface area contributed by atoms with E-state index in [0.717, 1.165) is 34.1 Å². The van der Waals surface area contributed by atoms with Crippen molar-refractivity contribution >= 4 is 17.5 Å². The van der Waals surface area contributed by atoms with Crippen molar-refractivity contribution in [2.24, 2.45) is 0 Å². The van der Waals surface area contributed by atoms with E-state index in [9.17, 15) is 0 Å². The number of aryl methyl sites for hydroxylation is 1. The van der Waals surface area contributed by atoms with E-state index in [1.807, 2.05) is 61.5 Å². The van der Waals surface area contributed by atoms with E-state index in [1.54, 1.807) is 7.11 Å². The van der Waals surface area contributed by atoms with Gasteiger partial charge in [-0.15, -0.1) is 0 Å². The van der Waals surface area contributed by atoms with Crippen LogP contribution in [-0.4, -0.2) is 23.1 Å². The van der Waals surface area contributed by atoms with Crippen molar-refractivity contribution in [2.75, 3.05) is 17.7 Å². The number of benzene rings is 2. The summed E-state index contributed by atoms with van der Waals surface area (Å²) < 4.78 is 5.45. The highest BCUT2D eigenvalue weighted by Gasteiger charge is 2.10. The van der Waals surface area contributed by atoms with Crippen molar-refractivity contribution in [3.63, 3.8) is 0 Å². The van der Waals surface area contributed by atoms with Crippen LogP contribution in [0.4, 0.5) is 17.5 Å². The van der Waals surface area contributed by atoms with Crippen molar-refractivity contribution in [1.29, 1.82) is 0 Å². The Morgan fingerprint density at radius 3 is 2.42 bits per heavy atom. The lowest BCUT2D eigenvalue weighted by Gasteiger charge is -2.15. The van der Waals surface area contributed by atoms with Crippen molar-refractivity contribution in [3.8, 4) is 17.0 Å². The van der Waals surface area contributed by atoms with Crippen molar-refractivity contribution in [2.45, 2.75) is 26.8 Å². The molecule has 0 spiro atoms. The number of anilines is 3. The van der Waals surface area contributed by atoms with Crippen molar-refractivity contribution in [3.05, 3.63) is 60.2 Å². The molecule has 0 fully saturated rings. The van der Waals surface area contributed by atoms with Gasteiger partial charge in [-0.2, -0.15) is 4.98 Å². The predicted molar refractivity (Wildman–Crippen MR) is 107 cm³/mol. The van der Waals surface area contributed by atoms with E-state index in [-0.39, 0.29) is 6.04 Å². The molecule has 2 aromatic carbocycles. The number of nitrogens with one attached hydrogen (secondary N) is 2. The lowest BCUT2D eigenvalue weighted by molar-refractivity contribution is 0.416. The first-order valence-corrected chi connectivity index (χ1v) is 8.68. The molecule has 0 unspecified atom stereocenters. The number of aromatic nitrogens is 2. The van der Waals surface area contributed by atoms with Gasteiger partial charge in [0, 0.05) is 17.7 Å². The summed E-state index contributed by atoms with van der Waals surface area (Å²) in [6.45, 7) is 6.21. The molecular formula is C21H24N4O. The van der Waals surface area contributed by atoms with Crippen LogP contribution in [0.2, 0.25) is 0 Å². The fourth-order valence-corrected chi connectivity index (χ4v) is 2.67. The summed E-state index contributed by atoms with van der Waals surface area (Å²) in [5.74, 6) is 2.06.